The van der Waals surface area contributed by atoms with Crippen LogP contribution in [-0.2, 0) is 19.6 Å². The zero-order valence-corrected chi connectivity index (χ0v) is 17.2. The van der Waals surface area contributed by atoms with Crippen LogP contribution in [0, 0.1) is 16.7 Å². The number of ether oxygens (including phenoxy) is 2. The molecule has 0 aromatic heterocycles. The lowest BCUT2D eigenvalue weighted by Gasteiger charge is -2.31. The van der Waals surface area contributed by atoms with Gasteiger partial charge in [0.05, 0.1) is 18.7 Å². The lowest BCUT2D eigenvalue weighted by Crippen LogP contribution is -2.48. The molecule has 29 heavy (non-hydrogen) atoms. The quantitative estimate of drug-likeness (QED) is 0.731. The number of nitriles is 1. The summed E-state index contributed by atoms with van der Waals surface area (Å²) in [7, 11) is -2.23. The maximum Gasteiger partial charge on any atom is 0.247 e. The summed E-state index contributed by atoms with van der Waals surface area (Å²) in [4.78, 5) is 14.7. The van der Waals surface area contributed by atoms with Gasteiger partial charge in [0.15, 0.2) is 0 Å². The topological polar surface area (TPSA) is 99.9 Å². The van der Waals surface area contributed by atoms with Crippen molar-refractivity contribution in [2.24, 2.45) is 5.41 Å². The maximum atomic E-state index is 13.4. The molecule has 1 saturated heterocycles. The highest BCUT2D eigenvalue weighted by Gasteiger charge is 2.53. The van der Waals surface area contributed by atoms with E-state index in [2.05, 4.69) is 6.07 Å². The summed E-state index contributed by atoms with van der Waals surface area (Å²) in [6.07, 6.45) is 1.79. The first-order valence-corrected chi connectivity index (χ1v) is 11.3. The van der Waals surface area contributed by atoms with E-state index in [1.165, 1.54) is 11.4 Å². The summed E-state index contributed by atoms with van der Waals surface area (Å²) >= 11 is 0. The van der Waals surface area contributed by atoms with Crippen LogP contribution >= 0.6 is 0 Å². The fourth-order valence-corrected chi connectivity index (χ4v) is 6.01. The van der Waals surface area contributed by atoms with Gasteiger partial charge in [-0.15, -0.1) is 0 Å². The van der Waals surface area contributed by atoms with Gasteiger partial charge in [-0.25, -0.2) is 8.42 Å². The average molecular weight is 420 g/mol. The summed E-state index contributed by atoms with van der Waals surface area (Å²) in [5, 5.41) is 9.36. The molecule has 2 atom stereocenters. The summed E-state index contributed by atoms with van der Waals surface area (Å²) in [6, 6.07) is 8.43. The highest BCUT2D eigenvalue weighted by atomic mass is 32.2. The van der Waals surface area contributed by atoms with Gasteiger partial charge in [-0.1, -0.05) is 12.1 Å². The molecular weight excluding hydrogens is 394 g/mol. The number of amides is 1. The number of carbonyl (C=O) groups excluding carboxylic acids is 1. The summed E-state index contributed by atoms with van der Waals surface area (Å²) in [5.41, 5.74) is -0.873. The van der Waals surface area contributed by atoms with E-state index in [1.807, 2.05) is 0 Å². The maximum absolute atomic E-state index is 13.4. The van der Waals surface area contributed by atoms with E-state index in [0.29, 0.717) is 44.5 Å². The Balaban J connectivity index is 1.65. The fraction of sp³-hybridized carbons (Fsp3) is 0.600. The first-order valence-electron chi connectivity index (χ1n) is 9.90. The van der Waals surface area contributed by atoms with Gasteiger partial charge in [0.25, 0.3) is 0 Å². The standard InChI is InChI=1S/C20H25N3O5S/c1-27-13-12-23-15-6-10-22(19(24)20(14-21)8-9-20)11-7-16(15)28-17-4-2-3-5-18(17)29(23,25)26/h2-5,15-16H,6-13H2,1H3/t15-,16-/m1/s1. The van der Waals surface area contributed by atoms with Crippen LogP contribution in [0.5, 0.6) is 5.75 Å². The third-order valence-corrected chi connectivity index (χ3v) is 8.03. The van der Waals surface area contributed by atoms with Crippen LogP contribution in [0.1, 0.15) is 25.7 Å². The lowest BCUT2D eigenvalue weighted by atomic mass is 10.1. The minimum absolute atomic E-state index is 0.136. The van der Waals surface area contributed by atoms with Gasteiger partial charge >= 0.3 is 0 Å². The normalized spacial score (nSPS) is 27.4. The van der Waals surface area contributed by atoms with Crippen LogP contribution in [0.25, 0.3) is 0 Å². The predicted octanol–water partition coefficient (Wildman–Crippen LogP) is 1.38. The number of benzene rings is 1. The molecule has 0 spiro atoms. The van der Waals surface area contributed by atoms with Crippen molar-refractivity contribution in [3.8, 4) is 11.8 Å². The van der Waals surface area contributed by atoms with Crippen molar-refractivity contribution in [3.05, 3.63) is 24.3 Å². The van der Waals surface area contributed by atoms with Crippen LogP contribution in [0.15, 0.2) is 29.2 Å². The van der Waals surface area contributed by atoms with Gasteiger partial charge in [0.2, 0.25) is 15.9 Å². The highest BCUT2D eigenvalue weighted by molar-refractivity contribution is 7.89. The number of hydrogen-bond acceptors (Lipinski definition) is 6. The van der Waals surface area contributed by atoms with Crippen molar-refractivity contribution in [2.45, 2.75) is 42.7 Å². The number of para-hydroxylation sites is 1. The SMILES string of the molecule is COCCN1[C@@H]2CCN(C(=O)C3(C#N)CC3)CC[C@H]2Oc2ccccc2S1(=O)=O. The Morgan fingerprint density at radius 1 is 1.31 bits per heavy atom. The van der Waals surface area contributed by atoms with Crippen molar-refractivity contribution in [3.63, 3.8) is 0 Å². The molecule has 8 nitrogen and oxygen atoms in total. The van der Waals surface area contributed by atoms with E-state index in [1.54, 1.807) is 29.2 Å². The second kappa shape index (κ2) is 7.59. The van der Waals surface area contributed by atoms with Crippen molar-refractivity contribution in [2.75, 3.05) is 33.4 Å². The molecule has 0 N–H and O–H groups in total. The molecule has 4 rings (SSSR count). The van der Waals surface area contributed by atoms with E-state index in [4.69, 9.17) is 9.47 Å². The number of fused-ring (bicyclic) bond motifs is 2. The number of methoxy groups -OCH3 is 1. The number of sulfonamides is 1. The zero-order valence-electron chi connectivity index (χ0n) is 16.4. The molecule has 0 unspecified atom stereocenters. The molecule has 3 aliphatic rings. The number of rotatable bonds is 4. The first-order chi connectivity index (χ1) is 13.9. The number of hydrogen-bond donors (Lipinski definition) is 0. The van der Waals surface area contributed by atoms with Crippen molar-refractivity contribution < 1.29 is 22.7 Å². The Hall–Kier alpha value is -2.15. The summed E-state index contributed by atoms with van der Waals surface area (Å²) in [6.45, 7) is 1.34. The second-order valence-corrected chi connectivity index (χ2v) is 9.70. The largest absolute Gasteiger partial charge is 0.487 e. The molecule has 1 aliphatic carbocycles. The zero-order chi connectivity index (χ0) is 20.6. The Kier molecular flexibility index (Phi) is 5.27. The smallest absolute Gasteiger partial charge is 0.247 e. The van der Waals surface area contributed by atoms with Crippen LogP contribution < -0.4 is 4.74 Å². The third kappa shape index (κ3) is 3.50. The first kappa shape index (κ1) is 20.1. The molecule has 1 aromatic rings. The molecule has 2 aliphatic heterocycles. The van der Waals surface area contributed by atoms with E-state index in [-0.39, 0.29) is 30.1 Å². The number of likely N-dealkylation sites (tertiary alicyclic amines) is 1. The molecule has 0 radical (unpaired) electrons. The minimum Gasteiger partial charge on any atom is -0.487 e. The van der Waals surface area contributed by atoms with Crippen molar-refractivity contribution >= 4 is 15.9 Å². The lowest BCUT2D eigenvalue weighted by molar-refractivity contribution is -0.134. The van der Waals surface area contributed by atoms with Crippen molar-refractivity contribution in [1.82, 2.24) is 9.21 Å². The molecular formula is C20H25N3O5S. The number of carbonyl (C=O) groups is 1. The molecule has 2 heterocycles. The van der Waals surface area contributed by atoms with Gasteiger partial charge in [-0.2, -0.15) is 9.57 Å². The Labute approximate surface area is 171 Å². The Morgan fingerprint density at radius 2 is 2.03 bits per heavy atom. The highest BCUT2D eigenvalue weighted by Crippen LogP contribution is 2.47. The molecule has 1 aromatic carbocycles. The van der Waals surface area contributed by atoms with Gasteiger partial charge in [0, 0.05) is 33.2 Å². The van der Waals surface area contributed by atoms with Crippen LogP contribution in [0.3, 0.4) is 0 Å². The molecule has 1 amide bonds. The monoisotopic (exact) mass is 419 g/mol. The third-order valence-electron chi connectivity index (χ3n) is 6.07. The molecule has 1 saturated carbocycles. The molecule has 0 bridgehead atoms. The van der Waals surface area contributed by atoms with E-state index in [0.717, 1.165) is 0 Å². The van der Waals surface area contributed by atoms with E-state index in [9.17, 15) is 18.5 Å². The van der Waals surface area contributed by atoms with Gasteiger partial charge < -0.3 is 14.4 Å². The Bertz CT molecular complexity index is 938. The second-order valence-electron chi connectivity index (χ2n) is 7.84. The van der Waals surface area contributed by atoms with Gasteiger partial charge in [-0.3, -0.25) is 4.79 Å². The Morgan fingerprint density at radius 3 is 2.72 bits per heavy atom. The van der Waals surface area contributed by atoms with Gasteiger partial charge in [0.1, 0.15) is 22.2 Å². The van der Waals surface area contributed by atoms with Crippen molar-refractivity contribution in [1.29, 1.82) is 5.26 Å². The minimum atomic E-state index is -3.76. The van der Waals surface area contributed by atoms with E-state index < -0.39 is 21.5 Å². The predicted molar refractivity (Wildman–Crippen MR) is 104 cm³/mol. The molecule has 156 valence electrons. The molecule has 9 heteroatoms. The fourth-order valence-electron chi connectivity index (χ4n) is 4.23. The van der Waals surface area contributed by atoms with E-state index >= 15 is 0 Å². The van der Waals surface area contributed by atoms with Crippen LogP contribution in [0.2, 0.25) is 0 Å². The number of nitrogens with zero attached hydrogens (tertiary/aromatic N) is 3. The summed E-state index contributed by atoms with van der Waals surface area (Å²) < 4.78 is 39.6. The summed E-state index contributed by atoms with van der Waals surface area (Å²) in [5.74, 6) is 0.209. The van der Waals surface area contributed by atoms with Crippen LogP contribution in [0.4, 0.5) is 0 Å². The van der Waals surface area contributed by atoms with Crippen LogP contribution in [-0.4, -0.2) is 69.0 Å². The average Bonchev–Trinajstić information content (AvgIpc) is 3.53. The molecule has 2 fully saturated rings. The van der Waals surface area contributed by atoms with Gasteiger partial charge in [-0.05, 0) is 31.4 Å².